The summed E-state index contributed by atoms with van der Waals surface area (Å²) in [7, 11) is 1.89. The number of hydrogen-bond donors (Lipinski definition) is 1. The van der Waals surface area contributed by atoms with E-state index in [9.17, 15) is 4.79 Å². The van der Waals surface area contributed by atoms with E-state index in [0.717, 1.165) is 41.5 Å². The van der Waals surface area contributed by atoms with Crippen LogP contribution in [0.5, 0.6) is 0 Å². The van der Waals surface area contributed by atoms with Gasteiger partial charge in [-0.25, -0.2) is 0 Å². The highest BCUT2D eigenvalue weighted by Gasteiger charge is 2.42. The Labute approximate surface area is 116 Å². The standard InChI is InChI=1S/C13H20BrN3O/c1-3-9-12(14)10(17(2)16-9)7-11(18)13(8-15)5-4-6-13/h3-8,15H2,1-2H3. The van der Waals surface area contributed by atoms with Crippen molar-refractivity contribution in [3.63, 3.8) is 0 Å². The van der Waals surface area contributed by atoms with Crippen LogP contribution in [0.3, 0.4) is 0 Å². The van der Waals surface area contributed by atoms with Crippen LogP contribution in [-0.4, -0.2) is 22.1 Å². The van der Waals surface area contributed by atoms with Gasteiger partial charge in [-0.3, -0.25) is 9.48 Å². The number of aryl methyl sites for hydroxylation is 2. The lowest BCUT2D eigenvalue weighted by atomic mass is 9.65. The summed E-state index contributed by atoms with van der Waals surface area (Å²) in [6.45, 7) is 2.54. The summed E-state index contributed by atoms with van der Waals surface area (Å²) in [4.78, 5) is 12.4. The maximum absolute atomic E-state index is 12.4. The van der Waals surface area contributed by atoms with E-state index in [-0.39, 0.29) is 11.2 Å². The SMILES string of the molecule is CCc1nn(C)c(CC(=O)C2(CN)CCC2)c1Br. The molecule has 5 heteroatoms. The summed E-state index contributed by atoms with van der Waals surface area (Å²) in [6.07, 6.45) is 4.30. The van der Waals surface area contributed by atoms with E-state index in [1.54, 1.807) is 0 Å². The van der Waals surface area contributed by atoms with Gasteiger partial charge in [0.25, 0.3) is 0 Å². The largest absolute Gasteiger partial charge is 0.329 e. The summed E-state index contributed by atoms with van der Waals surface area (Å²) < 4.78 is 2.79. The molecule has 1 aliphatic carbocycles. The Kier molecular flexibility index (Phi) is 3.92. The maximum atomic E-state index is 12.4. The van der Waals surface area contributed by atoms with Crippen molar-refractivity contribution in [3.8, 4) is 0 Å². The minimum absolute atomic E-state index is 0.254. The third-order valence-electron chi connectivity index (χ3n) is 4.12. The average Bonchev–Trinajstić information content (AvgIpc) is 2.56. The second-order valence-electron chi connectivity index (χ2n) is 5.12. The molecule has 0 unspecified atom stereocenters. The molecule has 0 radical (unpaired) electrons. The van der Waals surface area contributed by atoms with Crippen LogP contribution >= 0.6 is 15.9 Å². The molecule has 1 aliphatic rings. The van der Waals surface area contributed by atoms with Gasteiger partial charge >= 0.3 is 0 Å². The molecule has 0 bridgehead atoms. The van der Waals surface area contributed by atoms with Crippen LogP contribution in [0.2, 0.25) is 0 Å². The zero-order chi connectivity index (χ0) is 13.3. The fourth-order valence-corrected chi connectivity index (χ4v) is 3.31. The zero-order valence-electron chi connectivity index (χ0n) is 11.0. The molecular formula is C13H20BrN3O. The van der Waals surface area contributed by atoms with Crippen molar-refractivity contribution in [2.45, 2.75) is 39.0 Å². The van der Waals surface area contributed by atoms with Crippen molar-refractivity contribution < 1.29 is 4.79 Å². The number of nitrogens with zero attached hydrogens (tertiary/aromatic N) is 2. The quantitative estimate of drug-likeness (QED) is 0.904. The van der Waals surface area contributed by atoms with E-state index in [2.05, 4.69) is 28.0 Å². The predicted molar refractivity (Wildman–Crippen MR) is 74.3 cm³/mol. The Morgan fingerprint density at radius 1 is 1.56 bits per heavy atom. The van der Waals surface area contributed by atoms with Gasteiger partial charge in [0, 0.05) is 19.0 Å². The number of ketones is 1. The summed E-state index contributed by atoms with van der Waals surface area (Å²) in [5.41, 5.74) is 7.50. The molecule has 0 aromatic carbocycles. The Hall–Kier alpha value is -0.680. The topological polar surface area (TPSA) is 60.9 Å². The number of nitrogens with two attached hydrogens (primary N) is 1. The van der Waals surface area contributed by atoms with Gasteiger partial charge < -0.3 is 5.73 Å². The molecule has 1 aromatic rings. The molecule has 0 atom stereocenters. The fraction of sp³-hybridized carbons (Fsp3) is 0.692. The highest BCUT2D eigenvalue weighted by Crippen LogP contribution is 2.41. The average molecular weight is 314 g/mol. The summed E-state index contributed by atoms with van der Waals surface area (Å²) in [6, 6.07) is 0. The van der Waals surface area contributed by atoms with Gasteiger partial charge in [0.15, 0.2) is 0 Å². The molecule has 0 aliphatic heterocycles. The van der Waals surface area contributed by atoms with Crippen LogP contribution in [0.1, 0.15) is 37.6 Å². The fourth-order valence-electron chi connectivity index (χ4n) is 2.55. The van der Waals surface area contributed by atoms with Crippen LogP contribution in [0.25, 0.3) is 0 Å². The molecule has 18 heavy (non-hydrogen) atoms. The highest BCUT2D eigenvalue weighted by molar-refractivity contribution is 9.10. The molecule has 2 rings (SSSR count). The van der Waals surface area contributed by atoms with Gasteiger partial charge in [0.2, 0.25) is 0 Å². The minimum Gasteiger partial charge on any atom is -0.329 e. The highest BCUT2D eigenvalue weighted by atomic mass is 79.9. The van der Waals surface area contributed by atoms with Crippen molar-refractivity contribution in [3.05, 3.63) is 15.9 Å². The molecule has 1 saturated carbocycles. The van der Waals surface area contributed by atoms with Crippen molar-refractivity contribution in [1.82, 2.24) is 9.78 Å². The minimum atomic E-state index is -0.254. The molecule has 0 saturated heterocycles. The van der Waals surface area contributed by atoms with Crippen molar-refractivity contribution in [2.75, 3.05) is 6.54 Å². The zero-order valence-corrected chi connectivity index (χ0v) is 12.6. The molecular weight excluding hydrogens is 294 g/mol. The van der Waals surface area contributed by atoms with E-state index in [1.807, 2.05) is 11.7 Å². The third kappa shape index (κ3) is 2.14. The first-order chi connectivity index (χ1) is 8.54. The molecule has 1 fully saturated rings. The van der Waals surface area contributed by atoms with Crippen LogP contribution in [0, 0.1) is 5.41 Å². The van der Waals surface area contributed by atoms with E-state index in [0.29, 0.717) is 13.0 Å². The Balaban J connectivity index is 2.19. The van der Waals surface area contributed by atoms with Crippen molar-refractivity contribution >= 4 is 21.7 Å². The van der Waals surface area contributed by atoms with E-state index >= 15 is 0 Å². The lowest BCUT2D eigenvalue weighted by Crippen LogP contribution is -2.45. The van der Waals surface area contributed by atoms with E-state index < -0.39 is 0 Å². The molecule has 0 spiro atoms. The predicted octanol–water partition coefficient (Wildman–Crippen LogP) is 1.99. The summed E-state index contributed by atoms with van der Waals surface area (Å²) >= 11 is 3.55. The Bertz CT molecular complexity index is 458. The van der Waals surface area contributed by atoms with Gasteiger partial charge in [0.1, 0.15) is 5.78 Å². The smallest absolute Gasteiger partial charge is 0.146 e. The Morgan fingerprint density at radius 3 is 2.61 bits per heavy atom. The molecule has 1 aromatic heterocycles. The molecule has 100 valence electrons. The number of aromatic nitrogens is 2. The monoisotopic (exact) mass is 313 g/mol. The Morgan fingerprint density at radius 2 is 2.22 bits per heavy atom. The van der Waals surface area contributed by atoms with Gasteiger partial charge in [0.05, 0.1) is 22.3 Å². The van der Waals surface area contributed by atoms with E-state index in [4.69, 9.17) is 5.73 Å². The van der Waals surface area contributed by atoms with Gasteiger partial charge in [-0.2, -0.15) is 5.10 Å². The van der Waals surface area contributed by atoms with E-state index in [1.165, 1.54) is 0 Å². The van der Waals surface area contributed by atoms with Crippen LogP contribution < -0.4 is 5.73 Å². The van der Waals surface area contributed by atoms with Gasteiger partial charge in [-0.1, -0.05) is 13.3 Å². The number of carbonyl (C=O) groups is 1. The summed E-state index contributed by atoms with van der Waals surface area (Å²) in [5.74, 6) is 0.266. The normalized spacial score (nSPS) is 17.6. The van der Waals surface area contributed by atoms with Crippen molar-refractivity contribution in [2.24, 2.45) is 18.2 Å². The molecule has 4 nitrogen and oxygen atoms in total. The number of rotatable bonds is 5. The molecule has 1 heterocycles. The number of carbonyl (C=O) groups excluding carboxylic acids is 1. The third-order valence-corrected chi connectivity index (χ3v) is 5.04. The van der Waals surface area contributed by atoms with Gasteiger partial charge in [-0.05, 0) is 35.2 Å². The summed E-state index contributed by atoms with van der Waals surface area (Å²) in [5, 5.41) is 4.42. The second-order valence-corrected chi connectivity index (χ2v) is 5.92. The van der Waals surface area contributed by atoms with Crippen LogP contribution in [0.4, 0.5) is 0 Å². The lowest BCUT2D eigenvalue weighted by Gasteiger charge is -2.39. The molecule has 2 N–H and O–H groups in total. The lowest BCUT2D eigenvalue weighted by molar-refractivity contribution is -0.132. The van der Waals surface area contributed by atoms with Crippen LogP contribution in [0.15, 0.2) is 4.47 Å². The van der Waals surface area contributed by atoms with Crippen LogP contribution in [-0.2, 0) is 24.7 Å². The first-order valence-electron chi connectivity index (χ1n) is 6.47. The van der Waals surface area contributed by atoms with Crippen molar-refractivity contribution in [1.29, 1.82) is 0 Å². The number of Topliss-reactive ketones (excluding diaryl/α,β-unsaturated/α-hetero) is 1. The number of halogens is 1. The van der Waals surface area contributed by atoms with Gasteiger partial charge in [-0.15, -0.1) is 0 Å². The first kappa shape index (κ1) is 13.7. The first-order valence-corrected chi connectivity index (χ1v) is 7.27. The second kappa shape index (κ2) is 5.13. The number of hydrogen-bond acceptors (Lipinski definition) is 3. The molecule has 0 amide bonds. The maximum Gasteiger partial charge on any atom is 0.146 e.